The third kappa shape index (κ3) is 2.96. The van der Waals surface area contributed by atoms with Crippen LogP contribution in [-0.2, 0) is 19.9 Å². The van der Waals surface area contributed by atoms with Gasteiger partial charge in [0.05, 0.1) is 22.2 Å². The van der Waals surface area contributed by atoms with Crippen LogP contribution in [0.25, 0.3) is 0 Å². The SMILES string of the molecule is CCOC1=C(Cl)OC(=O)N[C@]1(OCC)c1c(Cl)cncc1Cl. The highest BCUT2D eigenvalue weighted by atomic mass is 35.5. The highest BCUT2D eigenvalue weighted by molar-refractivity contribution is 6.36. The second kappa shape index (κ2) is 6.91. The van der Waals surface area contributed by atoms with E-state index >= 15 is 0 Å². The quantitative estimate of drug-likeness (QED) is 0.858. The molecule has 6 nitrogen and oxygen atoms in total. The van der Waals surface area contributed by atoms with E-state index in [-0.39, 0.29) is 39.8 Å². The van der Waals surface area contributed by atoms with E-state index in [1.165, 1.54) is 12.4 Å². The van der Waals surface area contributed by atoms with Crippen LogP contribution in [0.1, 0.15) is 19.4 Å². The second-order valence-corrected chi connectivity index (χ2v) is 5.30. The summed E-state index contributed by atoms with van der Waals surface area (Å²) in [7, 11) is 0. The number of carbonyl (C=O) groups excluding carboxylic acids is 1. The molecule has 1 aromatic rings. The molecular formula is C13H13Cl3N2O4. The average molecular weight is 368 g/mol. The van der Waals surface area contributed by atoms with E-state index in [0.717, 1.165) is 0 Å². The van der Waals surface area contributed by atoms with Gasteiger partial charge >= 0.3 is 6.09 Å². The fourth-order valence-electron chi connectivity index (χ4n) is 2.11. The number of alkyl carbamates (subject to hydrolysis) is 1. The van der Waals surface area contributed by atoms with Crippen molar-refractivity contribution in [1.29, 1.82) is 0 Å². The Morgan fingerprint density at radius 3 is 2.41 bits per heavy atom. The fraction of sp³-hybridized carbons (Fsp3) is 0.385. The van der Waals surface area contributed by atoms with Crippen LogP contribution < -0.4 is 5.32 Å². The number of hydrogen-bond acceptors (Lipinski definition) is 5. The molecule has 1 atom stereocenters. The lowest BCUT2D eigenvalue weighted by molar-refractivity contribution is -0.0866. The standard InChI is InChI=1S/C13H13Cl3N2O4/c1-3-20-10-11(16)22-12(19)18-13(10,21-4-2)9-7(14)5-17-6-8(9)15/h5-6H,3-4H2,1-2H3,(H,18,19)/t13-/m0/s1. The Morgan fingerprint density at radius 1 is 1.23 bits per heavy atom. The van der Waals surface area contributed by atoms with Crippen molar-refractivity contribution in [2.75, 3.05) is 13.2 Å². The van der Waals surface area contributed by atoms with Crippen LogP contribution in [0.2, 0.25) is 10.0 Å². The van der Waals surface area contributed by atoms with Gasteiger partial charge in [-0.25, -0.2) is 4.79 Å². The fourth-order valence-corrected chi connectivity index (χ4v) is 3.00. The lowest BCUT2D eigenvalue weighted by Crippen LogP contribution is -2.53. The molecule has 0 unspecified atom stereocenters. The molecule has 0 aliphatic carbocycles. The van der Waals surface area contributed by atoms with E-state index in [0.29, 0.717) is 0 Å². The Morgan fingerprint density at radius 2 is 1.86 bits per heavy atom. The Kier molecular flexibility index (Phi) is 5.39. The third-order valence-electron chi connectivity index (χ3n) is 2.81. The van der Waals surface area contributed by atoms with Gasteiger partial charge in [0.25, 0.3) is 0 Å². The van der Waals surface area contributed by atoms with E-state index in [9.17, 15) is 4.79 Å². The Hall–Kier alpha value is -1.21. The summed E-state index contributed by atoms with van der Waals surface area (Å²) in [6, 6.07) is 0. The van der Waals surface area contributed by atoms with E-state index in [4.69, 9.17) is 49.0 Å². The molecule has 2 rings (SSSR count). The first-order valence-corrected chi connectivity index (χ1v) is 7.56. The second-order valence-electron chi connectivity index (χ2n) is 4.14. The highest BCUT2D eigenvalue weighted by Crippen LogP contribution is 2.43. The molecule has 1 N–H and O–H groups in total. The number of hydrogen-bond donors (Lipinski definition) is 1. The number of cyclic esters (lactones) is 1. The Labute approximate surface area is 142 Å². The number of nitrogens with one attached hydrogen (secondary N) is 1. The normalized spacial score (nSPS) is 21.4. The minimum Gasteiger partial charge on any atom is -0.489 e. The monoisotopic (exact) mass is 366 g/mol. The Balaban J connectivity index is 2.74. The van der Waals surface area contributed by atoms with Gasteiger partial charge in [0.15, 0.2) is 0 Å². The third-order valence-corrected chi connectivity index (χ3v) is 3.64. The molecule has 0 saturated heterocycles. The highest BCUT2D eigenvalue weighted by Gasteiger charge is 2.50. The van der Waals surface area contributed by atoms with Gasteiger partial charge in [-0.05, 0) is 25.4 Å². The maximum atomic E-state index is 11.8. The molecule has 0 spiro atoms. The first-order valence-electron chi connectivity index (χ1n) is 6.42. The number of rotatable bonds is 5. The van der Waals surface area contributed by atoms with E-state index in [1.807, 2.05) is 0 Å². The zero-order valence-corrected chi connectivity index (χ0v) is 14.1. The van der Waals surface area contributed by atoms with Crippen molar-refractivity contribution in [2.45, 2.75) is 19.6 Å². The van der Waals surface area contributed by atoms with Crippen molar-refractivity contribution >= 4 is 40.9 Å². The molecular weight excluding hydrogens is 355 g/mol. The van der Waals surface area contributed by atoms with Crippen molar-refractivity contribution < 1.29 is 19.0 Å². The molecule has 2 heterocycles. The van der Waals surface area contributed by atoms with Crippen molar-refractivity contribution in [3.8, 4) is 0 Å². The van der Waals surface area contributed by atoms with E-state index in [1.54, 1.807) is 13.8 Å². The first kappa shape index (κ1) is 17.1. The van der Waals surface area contributed by atoms with Crippen molar-refractivity contribution in [1.82, 2.24) is 10.3 Å². The minimum atomic E-state index is -1.59. The summed E-state index contributed by atoms with van der Waals surface area (Å²) in [6.07, 6.45) is 1.94. The van der Waals surface area contributed by atoms with Gasteiger partial charge in [-0.3, -0.25) is 10.3 Å². The van der Waals surface area contributed by atoms with Gasteiger partial charge in [0, 0.05) is 19.0 Å². The topological polar surface area (TPSA) is 69.7 Å². The summed E-state index contributed by atoms with van der Waals surface area (Å²) in [5, 5.41) is 2.67. The molecule has 0 bridgehead atoms. The molecule has 1 aliphatic heterocycles. The lowest BCUT2D eigenvalue weighted by Gasteiger charge is -2.38. The average Bonchev–Trinajstić information content (AvgIpc) is 2.43. The van der Waals surface area contributed by atoms with Crippen LogP contribution in [0, 0.1) is 0 Å². The number of nitrogens with zero attached hydrogens (tertiary/aromatic N) is 1. The molecule has 0 radical (unpaired) electrons. The van der Waals surface area contributed by atoms with Crippen LogP contribution >= 0.6 is 34.8 Å². The number of aromatic nitrogens is 1. The maximum absolute atomic E-state index is 11.8. The van der Waals surface area contributed by atoms with Gasteiger partial charge < -0.3 is 14.2 Å². The van der Waals surface area contributed by atoms with Crippen molar-refractivity contribution in [3.05, 3.63) is 39.0 Å². The molecule has 22 heavy (non-hydrogen) atoms. The number of pyridine rings is 1. The van der Waals surface area contributed by atoms with Crippen LogP contribution in [-0.4, -0.2) is 24.3 Å². The van der Waals surface area contributed by atoms with Crippen molar-refractivity contribution in [3.63, 3.8) is 0 Å². The summed E-state index contributed by atoms with van der Waals surface area (Å²) in [6.45, 7) is 3.97. The van der Waals surface area contributed by atoms with Crippen LogP contribution in [0.5, 0.6) is 0 Å². The van der Waals surface area contributed by atoms with Crippen LogP contribution in [0.4, 0.5) is 4.79 Å². The molecule has 9 heteroatoms. The molecule has 0 saturated carbocycles. The zero-order valence-electron chi connectivity index (χ0n) is 11.8. The number of carbonyl (C=O) groups is 1. The molecule has 120 valence electrons. The summed E-state index contributed by atoms with van der Waals surface area (Å²) >= 11 is 18.4. The lowest BCUT2D eigenvalue weighted by atomic mass is 10.0. The van der Waals surface area contributed by atoms with Gasteiger partial charge in [0.2, 0.25) is 16.7 Å². The molecule has 0 aromatic carbocycles. The minimum absolute atomic E-state index is 0.0631. The Bertz CT molecular complexity index is 603. The molecule has 1 amide bonds. The van der Waals surface area contributed by atoms with E-state index in [2.05, 4.69) is 10.3 Å². The predicted molar refractivity (Wildman–Crippen MR) is 81.7 cm³/mol. The smallest absolute Gasteiger partial charge is 0.416 e. The summed E-state index contributed by atoms with van der Waals surface area (Å²) in [5.41, 5.74) is -1.32. The summed E-state index contributed by atoms with van der Waals surface area (Å²) < 4.78 is 16.1. The molecule has 1 aromatic heterocycles. The van der Waals surface area contributed by atoms with Crippen LogP contribution in [0.15, 0.2) is 23.4 Å². The predicted octanol–water partition coefficient (Wildman–Crippen LogP) is 3.76. The summed E-state index contributed by atoms with van der Waals surface area (Å²) in [4.78, 5) is 15.7. The number of ether oxygens (including phenoxy) is 3. The maximum Gasteiger partial charge on any atom is 0.416 e. The van der Waals surface area contributed by atoms with Gasteiger partial charge in [-0.1, -0.05) is 23.2 Å². The van der Waals surface area contributed by atoms with Gasteiger partial charge in [-0.15, -0.1) is 0 Å². The van der Waals surface area contributed by atoms with Crippen molar-refractivity contribution in [2.24, 2.45) is 0 Å². The largest absolute Gasteiger partial charge is 0.489 e. The zero-order chi connectivity index (χ0) is 16.3. The van der Waals surface area contributed by atoms with Gasteiger partial charge in [0.1, 0.15) is 0 Å². The van der Waals surface area contributed by atoms with Crippen LogP contribution in [0.3, 0.4) is 0 Å². The van der Waals surface area contributed by atoms with Gasteiger partial charge in [-0.2, -0.15) is 0 Å². The summed E-state index contributed by atoms with van der Waals surface area (Å²) in [5.74, 6) is 0.0631. The molecule has 1 aliphatic rings. The number of halogens is 3. The number of amides is 1. The first-order chi connectivity index (χ1) is 10.5. The molecule has 0 fully saturated rings. The van der Waals surface area contributed by atoms with E-state index < -0.39 is 11.8 Å².